The zero-order valence-electron chi connectivity index (χ0n) is 10.2. The van der Waals surface area contributed by atoms with Crippen molar-refractivity contribution >= 4 is 11.6 Å². The predicted molar refractivity (Wildman–Crippen MR) is 65.6 cm³/mol. The Morgan fingerprint density at radius 2 is 1.94 bits per heavy atom. The molecule has 0 aliphatic heterocycles. The molecular weight excluding hydrogens is 216 g/mol. The smallest absolute Gasteiger partial charge is 0.241 e. The molecule has 0 saturated heterocycles. The van der Waals surface area contributed by atoms with Crippen LogP contribution in [0.3, 0.4) is 0 Å². The van der Waals surface area contributed by atoms with E-state index in [9.17, 15) is 4.79 Å². The van der Waals surface area contributed by atoms with Gasteiger partial charge in [0.05, 0.1) is 13.2 Å². The van der Waals surface area contributed by atoms with Gasteiger partial charge >= 0.3 is 0 Å². The molecule has 0 heterocycles. The van der Waals surface area contributed by atoms with E-state index in [1.54, 1.807) is 31.4 Å². The molecule has 0 bridgehead atoms. The van der Waals surface area contributed by atoms with Gasteiger partial charge < -0.3 is 10.1 Å². The van der Waals surface area contributed by atoms with Gasteiger partial charge in [-0.15, -0.1) is 0 Å². The van der Waals surface area contributed by atoms with Gasteiger partial charge in [0.15, 0.2) is 0 Å². The van der Waals surface area contributed by atoms with E-state index >= 15 is 0 Å². The standard InChI is InChI=1S/C13H16N2O2/c1-9(2)12(8-14)13(16)15-10-4-6-11(17-3)7-5-10/h4-7,9,12H,1-3H3,(H,15,16). The highest BCUT2D eigenvalue weighted by molar-refractivity contribution is 5.94. The molecular formula is C13H16N2O2. The topological polar surface area (TPSA) is 62.1 Å². The summed E-state index contributed by atoms with van der Waals surface area (Å²) in [7, 11) is 1.58. The van der Waals surface area contributed by atoms with Gasteiger partial charge in [-0.3, -0.25) is 4.79 Å². The van der Waals surface area contributed by atoms with Crippen LogP contribution in [0.1, 0.15) is 13.8 Å². The van der Waals surface area contributed by atoms with E-state index in [-0.39, 0.29) is 11.8 Å². The summed E-state index contributed by atoms with van der Waals surface area (Å²) in [6.07, 6.45) is 0. The normalized spacial score (nSPS) is 11.7. The fourth-order valence-corrected chi connectivity index (χ4v) is 1.40. The lowest BCUT2D eigenvalue weighted by Gasteiger charge is -2.13. The minimum Gasteiger partial charge on any atom is -0.497 e. The van der Waals surface area contributed by atoms with Crippen LogP contribution >= 0.6 is 0 Å². The van der Waals surface area contributed by atoms with Crippen molar-refractivity contribution in [3.63, 3.8) is 0 Å². The predicted octanol–water partition coefficient (Wildman–Crippen LogP) is 2.43. The largest absolute Gasteiger partial charge is 0.497 e. The first-order valence-corrected chi connectivity index (χ1v) is 5.43. The first kappa shape index (κ1) is 13.0. The third-order valence-electron chi connectivity index (χ3n) is 2.45. The van der Waals surface area contributed by atoms with Crippen LogP contribution in [0, 0.1) is 23.2 Å². The lowest BCUT2D eigenvalue weighted by Crippen LogP contribution is -2.25. The number of amides is 1. The summed E-state index contributed by atoms with van der Waals surface area (Å²) >= 11 is 0. The van der Waals surface area contributed by atoms with Gasteiger partial charge in [0.2, 0.25) is 5.91 Å². The van der Waals surface area contributed by atoms with Gasteiger partial charge in [0, 0.05) is 5.69 Å². The number of carbonyl (C=O) groups is 1. The third kappa shape index (κ3) is 3.49. The third-order valence-corrected chi connectivity index (χ3v) is 2.45. The van der Waals surface area contributed by atoms with Crippen molar-refractivity contribution in [3.05, 3.63) is 24.3 Å². The number of hydrogen-bond acceptors (Lipinski definition) is 3. The van der Waals surface area contributed by atoms with E-state index in [2.05, 4.69) is 5.32 Å². The van der Waals surface area contributed by atoms with Gasteiger partial charge in [0.25, 0.3) is 0 Å². The van der Waals surface area contributed by atoms with E-state index in [1.807, 2.05) is 19.9 Å². The fraction of sp³-hybridized carbons (Fsp3) is 0.385. The van der Waals surface area contributed by atoms with Gasteiger partial charge in [-0.05, 0) is 30.2 Å². The molecule has 17 heavy (non-hydrogen) atoms. The number of hydrogen-bond donors (Lipinski definition) is 1. The quantitative estimate of drug-likeness (QED) is 0.867. The maximum absolute atomic E-state index is 11.8. The number of rotatable bonds is 4. The Labute approximate surface area is 101 Å². The highest BCUT2D eigenvalue weighted by Gasteiger charge is 2.21. The summed E-state index contributed by atoms with van der Waals surface area (Å²) in [4.78, 5) is 11.8. The molecule has 0 aliphatic rings. The Morgan fingerprint density at radius 1 is 1.35 bits per heavy atom. The molecule has 4 nitrogen and oxygen atoms in total. The van der Waals surface area contributed by atoms with Gasteiger partial charge in [-0.2, -0.15) is 5.26 Å². The summed E-state index contributed by atoms with van der Waals surface area (Å²) in [5.74, 6) is -0.174. The minimum absolute atomic E-state index is 0.00162. The number of nitrogens with one attached hydrogen (secondary N) is 1. The lowest BCUT2D eigenvalue weighted by molar-refractivity contribution is -0.119. The van der Waals surface area contributed by atoms with E-state index < -0.39 is 5.92 Å². The number of methoxy groups -OCH3 is 1. The molecule has 0 aromatic heterocycles. The highest BCUT2D eigenvalue weighted by atomic mass is 16.5. The molecule has 0 fully saturated rings. The first-order chi connectivity index (χ1) is 8.08. The second-order valence-electron chi connectivity index (χ2n) is 4.07. The van der Waals surface area contributed by atoms with Crippen molar-refractivity contribution in [2.75, 3.05) is 12.4 Å². The molecule has 1 N–H and O–H groups in total. The van der Waals surface area contributed by atoms with Crippen LogP contribution < -0.4 is 10.1 Å². The summed E-state index contributed by atoms with van der Waals surface area (Å²) in [5, 5.41) is 11.6. The Kier molecular flexibility index (Phi) is 4.53. The molecule has 1 amide bonds. The van der Waals surface area contributed by atoms with Crippen LogP contribution in [-0.4, -0.2) is 13.0 Å². The molecule has 1 aromatic carbocycles. The molecule has 4 heteroatoms. The molecule has 0 radical (unpaired) electrons. The zero-order valence-corrected chi connectivity index (χ0v) is 10.2. The summed E-state index contributed by atoms with van der Waals surface area (Å²) in [6, 6.07) is 9.00. The first-order valence-electron chi connectivity index (χ1n) is 5.43. The van der Waals surface area contributed by atoms with Gasteiger partial charge in [-0.1, -0.05) is 13.8 Å². The summed E-state index contributed by atoms with van der Waals surface area (Å²) in [6.45, 7) is 3.70. The van der Waals surface area contributed by atoms with Crippen LogP contribution in [0.2, 0.25) is 0 Å². The summed E-state index contributed by atoms with van der Waals surface area (Å²) < 4.78 is 5.02. The Hall–Kier alpha value is -2.02. The molecule has 1 atom stereocenters. The minimum atomic E-state index is -0.628. The van der Waals surface area contributed by atoms with Crippen molar-refractivity contribution in [1.82, 2.24) is 0 Å². The van der Waals surface area contributed by atoms with E-state index in [1.165, 1.54) is 0 Å². The second kappa shape index (κ2) is 5.90. The molecule has 0 saturated carbocycles. The molecule has 90 valence electrons. The second-order valence-corrected chi connectivity index (χ2v) is 4.07. The van der Waals surface area contributed by atoms with Crippen molar-refractivity contribution in [2.45, 2.75) is 13.8 Å². The maximum atomic E-state index is 11.8. The zero-order chi connectivity index (χ0) is 12.8. The Morgan fingerprint density at radius 3 is 2.35 bits per heavy atom. The average Bonchev–Trinajstić information content (AvgIpc) is 2.30. The molecule has 0 aliphatic carbocycles. The fourth-order valence-electron chi connectivity index (χ4n) is 1.40. The Balaban J connectivity index is 2.71. The van der Waals surface area contributed by atoms with Crippen LogP contribution in [-0.2, 0) is 4.79 Å². The van der Waals surface area contributed by atoms with Crippen LogP contribution in [0.5, 0.6) is 5.75 Å². The highest BCUT2D eigenvalue weighted by Crippen LogP contribution is 2.17. The maximum Gasteiger partial charge on any atom is 0.241 e. The molecule has 1 aromatic rings. The molecule has 1 unspecified atom stereocenters. The number of carbonyl (C=O) groups excluding carboxylic acids is 1. The van der Waals surface area contributed by atoms with Crippen LogP contribution in [0.25, 0.3) is 0 Å². The molecule has 0 spiro atoms. The lowest BCUT2D eigenvalue weighted by atomic mass is 9.96. The SMILES string of the molecule is COc1ccc(NC(=O)C(C#N)C(C)C)cc1. The van der Waals surface area contributed by atoms with Crippen molar-refractivity contribution in [2.24, 2.45) is 11.8 Å². The molecule has 1 rings (SSSR count). The van der Waals surface area contributed by atoms with Crippen molar-refractivity contribution in [3.8, 4) is 11.8 Å². The van der Waals surface area contributed by atoms with Crippen LogP contribution in [0.15, 0.2) is 24.3 Å². The number of ether oxygens (including phenoxy) is 1. The number of nitrogens with zero attached hydrogens (tertiary/aromatic N) is 1. The average molecular weight is 232 g/mol. The van der Waals surface area contributed by atoms with Gasteiger partial charge in [-0.25, -0.2) is 0 Å². The van der Waals surface area contributed by atoms with Crippen molar-refractivity contribution in [1.29, 1.82) is 5.26 Å². The van der Waals surface area contributed by atoms with Crippen LogP contribution in [0.4, 0.5) is 5.69 Å². The number of benzene rings is 1. The van der Waals surface area contributed by atoms with E-state index in [4.69, 9.17) is 10.00 Å². The summed E-state index contributed by atoms with van der Waals surface area (Å²) in [5.41, 5.74) is 0.664. The number of nitriles is 1. The Bertz CT molecular complexity index is 418. The number of anilines is 1. The van der Waals surface area contributed by atoms with Gasteiger partial charge in [0.1, 0.15) is 11.7 Å². The monoisotopic (exact) mass is 232 g/mol. The van der Waals surface area contributed by atoms with E-state index in [0.717, 1.165) is 5.75 Å². The van der Waals surface area contributed by atoms with Crippen molar-refractivity contribution < 1.29 is 9.53 Å². The van der Waals surface area contributed by atoms with E-state index in [0.29, 0.717) is 5.69 Å².